The third-order valence-corrected chi connectivity index (χ3v) is 2.96. The van der Waals surface area contributed by atoms with Crippen LogP contribution in [-0.2, 0) is 18.0 Å². The summed E-state index contributed by atoms with van der Waals surface area (Å²) in [7, 11) is 2.74. The number of amides is 2. The molecular formula is C14H13F3N4O3. The van der Waals surface area contributed by atoms with Crippen LogP contribution in [0, 0.1) is 0 Å². The second-order valence-corrected chi connectivity index (χ2v) is 4.71. The van der Waals surface area contributed by atoms with Crippen LogP contribution in [0.5, 0.6) is 0 Å². The van der Waals surface area contributed by atoms with Gasteiger partial charge in [0.2, 0.25) is 5.82 Å². The lowest BCUT2D eigenvalue weighted by molar-refractivity contribution is -0.137. The van der Waals surface area contributed by atoms with Gasteiger partial charge in [-0.05, 0) is 24.3 Å². The SMILES string of the molecule is COC(=O)c1nc(NC(=O)Nc2ccc(C(F)(F)F)cc2)cn1C. The molecule has 0 bridgehead atoms. The molecule has 2 amide bonds. The van der Waals surface area contributed by atoms with Gasteiger partial charge in [-0.2, -0.15) is 13.2 Å². The van der Waals surface area contributed by atoms with Crippen molar-refractivity contribution >= 4 is 23.5 Å². The lowest BCUT2D eigenvalue weighted by atomic mass is 10.2. The van der Waals surface area contributed by atoms with Gasteiger partial charge < -0.3 is 14.6 Å². The second-order valence-electron chi connectivity index (χ2n) is 4.71. The molecule has 1 heterocycles. The van der Waals surface area contributed by atoms with E-state index in [1.165, 1.54) is 24.9 Å². The number of imidazole rings is 1. The van der Waals surface area contributed by atoms with E-state index in [1.807, 2.05) is 0 Å². The zero-order chi connectivity index (χ0) is 17.9. The van der Waals surface area contributed by atoms with E-state index in [0.29, 0.717) is 0 Å². The highest BCUT2D eigenvalue weighted by Crippen LogP contribution is 2.29. The number of halogens is 3. The van der Waals surface area contributed by atoms with Gasteiger partial charge in [0.05, 0.1) is 12.7 Å². The fourth-order valence-electron chi connectivity index (χ4n) is 1.83. The Morgan fingerprint density at radius 1 is 1.17 bits per heavy atom. The maximum Gasteiger partial charge on any atom is 0.416 e. The number of alkyl halides is 3. The zero-order valence-corrected chi connectivity index (χ0v) is 12.6. The Hall–Kier alpha value is -3.04. The average Bonchev–Trinajstić information content (AvgIpc) is 2.86. The summed E-state index contributed by atoms with van der Waals surface area (Å²) in [6.45, 7) is 0. The van der Waals surface area contributed by atoms with E-state index < -0.39 is 23.7 Å². The summed E-state index contributed by atoms with van der Waals surface area (Å²) < 4.78 is 43.3. The Morgan fingerprint density at radius 3 is 2.33 bits per heavy atom. The van der Waals surface area contributed by atoms with E-state index >= 15 is 0 Å². The van der Waals surface area contributed by atoms with Crippen LogP contribution in [0.1, 0.15) is 16.2 Å². The second kappa shape index (κ2) is 6.60. The molecule has 0 aliphatic rings. The minimum atomic E-state index is -4.45. The van der Waals surface area contributed by atoms with Gasteiger partial charge in [-0.3, -0.25) is 5.32 Å². The largest absolute Gasteiger partial charge is 0.463 e. The summed E-state index contributed by atoms with van der Waals surface area (Å²) in [5.41, 5.74) is -0.648. The predicted octanol–water partition coefficient (Wildman–Crippen LogP) is 2.87. The number of esters is 1. The standard InChI is InChI=1S/C14H13F3N4O3/c1-21-7-10(19-11(21)12(22)24-2)20-13(23)18-9-5-3-8(4-6-9)14(15,16)17/h3-7H,1-2H3,(H2,18,20,23). The molecule has 2 aromatic rings. The third-order valence-electron chi connectivity index (χ3n) is 2.96. The molecule has 10 heteroatoms. The van der Waals surface area contributed by atoms with Crippen molar-refractivity contribution < 1.29 is 27.5 Å². The van der Waals surface area contributed by atoms with E-state index in [-0.39, 0.29) is 17.3 Å². The lowest BCUT2D eigenvalue weighted by Crippen LogP contribution is -2.19. The fourth-order valence-corrected chi connectivity index (χ4v) is 1.83. The molecule has 0 saturated heterocycles. The van der Waals surface area contributed by atoms with Gasteiger partial charge in [0.15, 0.2) is 5.82 Å². The Kier molecular flexibility index (Phi) is 4.77. The van der Waals surface area contributed by atoms with Crippen LogP contribution in [0.2, 0.25) is 0 Å². The summed E-state index contributed by atoms with van der Waals surface area (Å²) in [4.78, 5) is 27.1. The van der Waals surface area contributed by atoms with E-state index in [1.54, 1.807) is 0 Å². The molecule has 2 rings (SSSR count). The van der Waals surface area contributed by atoms with Crippen LogP contribution in [0.4, 0.5) is 29.5 Å². The highest BCUT2D eigenvalue weighted by atomic mass is 19.4. The number of ether oxygens (including phenoxy) is 1. The van der Waals surface area contributed by atoms with Crippen molar-refractivity contribution in [2.24, 2.45) is 7.05 Å². The summed E-state index contributed by atoms with van der Waals surface area (Å²) in [6.07, 6.45) is -3.06. The summed E-state index contributed by atoms with van der Waals surface area (Å²) >= 11 is 0. The first-order valence-electron chi connectivity index (χ1n) is 6.57. The van der Waals surface area contributed by atoms with E-state index in [0.717, 1.165) is 24.3 Å². The number of urea groups is 1. The number of methoxy groups -OCH3 is 1. The summed E-state index contributed by atoms with van der Waals surface area (Å²) in [5, 5.41) is 4.72. The smallest absolute Gasteiger partial charge is 0.416 e. The highest BCUT2D eigenvalue weighted by molar-refractivity contribution is 5.99. The molecule has 0 aliphatic carbocycles. The molecule has 0 radical (unpaired) electrons. The number of nitrogens with one attached hydrogen (secondary N) is 2. The number of carbonyl (C=O) groups excluding carboxylic acids is 2. The summed E-state index contributed by atoms with van der Waals surface area (Å²) in [5.74, 6) is -0.599. The Bertz CT molecular complexity index is 754. The molecule has 0 spiro atoms. The van der Waals surface area contributed by atoms with Crippen molar-refractivity contribution in [1.82, 2.24) is 9.55 Å². The number of nitrogens with zero attached hydrogens (tertiary/aromatic N) is 2. The first-order chi connectivity index (χ1) is 11.2. The molecule has 0 aliphatic heterocycles. The number of aromatic nitrogens is 2. The number of anilines is 2. The zero-order valence-electron chi connectivity index (χ0n) is 12.6. The van der Waals surface area contributed by atoms with Gasteiger partial charge >= 0.3 is 18.2 Å². The number of rotatable bonds is 3. The van der Waals surface area contributed by atoms with Crippen molar-refractivity contribution in [3.63, 3.8) is 0 Å². The molecule has 1 aromatic heterocycles. The van der Waals surface area contributed by atoms with Crippen LogP contribution in [0.25, 0.3) is 0 Å². The van der Waals surface area contributed by atoms with Crippen LogP contribution < -0.4 is 10.6 Å². The van der Waals surface area contributed by atoms with Crippen molar-refractivity contribution in [2.75, 3.05) is 17.7 Å². The minimum Gasteiger partial charge on any atom is -0.463 e. The van der Waals surface area contributed by atoms with Gasteiger partial charge in [-0.1, -0.05) is 0 Å². The van der Waals surface area contributed by atoms with Gasteiger partial charge in [-0.15, -0.1) is 0 Å². The number of aryl methyl sites for hydroxylation is 1. The molecule has 0 saturated carbocycles. The first kappa shape index (κ1) is 17.3. The van der Waals surface area contributed by atoms with Crippen LogP contribution in [-0.4, -0.2) is 28.7 Å². The van der Waals surface area contributed by atoms with Crippen molar-refractivity contribution in [3.8, 4) is 0 Å². The van der Waals surface area contributed by atoms with E-state index in [2.05, 4.69) is 20.4 Å². The number of hydrogen-bond donors (Lipinski definition) is 2. The highest BCUT2D eigenvalue weighted by Gasteiger charge is 2.30. The molecule has 1 aromatic carbocycles. The van der Waals surface area contributed by atoms with Gasteiger partial charge in [0.1, 0.15) is 0 Å². The normalized spacial score (nSPS) is 11.0. The van der Waals surface area contributed by atoms with E-state index in [4.69, 9.17) is 0 Å². The fraction of sp³-hybridized carbons (Fsp3) is 0.214. The van der Waals surface area contributed by atoms with Crippen LogP contribution >= 0.6 is 0 Å². The van der Waals surface area contributed by atoms with E-state index in [9.17, 15) is 22.8 Å². The summed E-state index contributed by atoms with van der Waals surface area (Å²) in [6, 6.07) is 3.24. The Balaban J connectivity index is 2.02. The van der Waals surface area contributed by atoms with Crippen molar-refractivity contribution in [1.29, 1.82) is 0 Å². The van der Waals surface area contributed by atoms with Gasteiger partial charge in [0, 0.05) is 18.9 Å². The molecule has 0 atom stereocenters. The topological polar surface area (TPSA) is 85.2 Å². The molecule has 24 heavy (non-hydrogen) atoms. The minimum absolute atomic E-state index is 0.0117. The Labute approximate surface area is 134 Å². The monoisotopic (exact) mass is 342 g/mol. The molecular weight excluding hydrogens is 329 g/mol. The molecule has 0 fully saturated rings. The molecule has 2 N–H and O–H groups in total. The first-order valence-corrected chi connectivity index (χ1v) is 6.57. The lowest BCUT2D eigenvalue weighted by Gasteiger charge is -2.08. The number of benzene rings is 1. The number of hydrogen-bond acceptors (Lipinski definition) is 4. The third kappa shape index (κ3) is 4.03. The maximum atomic E-state index is 12.5. The van der Waals surface area contributed by atoms with Crippen molar-refractivity contribution in [3.05, 3.63) is 41.9 Å². The Morgan fingerprint density at radius 2 is 1.79 bits per heavy atom. The predicted molar refractivity (Wildman–Crippen MR) is 78.6 cm³/mol. The average molecular weight is 342 g/mol. The molecule has 0 unspecified atom stereocenters. The van der Waals surface area contributed by atoms with Crippen molar-refractivity contribution in [2.45, 2.75) is 6.18 Å². The maximum absolute atomic E-state index is 12.5. The van der Waals surface area contributed by atoms with Crippen LogP contribution in [0.3, 0.4) is 0 Å². The van der Waals surface area contributed by atoms with Gasteiger partial charge in [-0.25, -0.2) is 14.6 Å². The van der Waals surface area contributed by atoms with Gasteiger partial charge in [0.25, 0.3) is 0 Å². The molecule has 128 valence electrons. The number of carbonyl (C=O) groups is 2. The van der Waals surface area contributed by atoms with Crippen LogP contribution in [0.15, 0.2) is 30.5 Å². The molecule has 7 nitrogen and oxygen atoms in total. The quantitative estimate of drug-likeness (QED) is 0.840.